The molecular weight excluding hydrogens is 526 g/mol. The molecule has 0 amide bonds. The largest absolute Gasteiger partial charge is 0.362 e. The van der Waals surface area contributed by atoms with Crippen molar-refractivity contribution < 1.29 is 10.2 Å². The molecule has 0 aliphatic heterocycles. The van der Waals surface area contributed by atoms with Crippen LogP contribution in [0, 0.1) is 0 Å². The average molecular weight is 561 g/mol. The molecule has 40 heavy (non-hydrogen) atoms. The highest BCUT2D eigenvalue weighted by molar-refractivity contribution is 7.55. The zero-order valence-electron chi connectivity index (χ0n) is 22.3. The summed E-state index contributed by atoms with van der Waals surface area (Å²) >= 11 is 0. The summed E-state index contributed by atoms with van der Waals surface area (Å²) < 4.78 is 0. The van der Waals surface area contributed by atoms with Gasteiger partial charge in [0.2, 0.25) is 0 Å². The Morgan fingerprint density at radius 1 is 0.450 bits per heavy atom. The van der Waals surface area contributed by atoms with E-state index in [1.54, 1.807) is 6.08 Å². The molecule has 2 N–H and O–H groups in total. The van der Waals surface area contributed by atoms with Crippen molar-refractivity contribution in [2.45, 2.75) is 12.2 Å². The van der Waals surface area contributed by atoms with Gasteiger partial charge in [0.1, 0.15) is 0 Å². The summed E-state index contributed by atoms with van der Waals surface area (Å²) in [5.41, 5.74) is 2.13. The zero-order valence-corrected chi connectivity index (χ0v) is 24.3. The van der Waals surface area contributed by atoms with Crippen LogP contribution in [0.25, 0.3) is 5.57 Å². The summed E-state index contributed by atoms with van der Waals surface area (Å²) in [5, 5.41) is 24.1. The third-order valence-corrected chi connectivity index (χ3v) is 8.42. The second-order valence-electron chi connectivity index (χ2n) is 9.16. The molecule has 1 aliphatic carbocycles. The Hall–Kier alpha value is -3.64. The van der Waals surface area contributed by atoms with Crippen LogP contribution in [0.5, 0.6) is 0 Å². The first-order valence-corrected chi connectivity index (χ1v) is 15.2. The number of hydrogen-bond acceptors (Lipinski definition) is 2. The number of rotatable bonds is 5. The molecule has 0 fully saturated rings. The molecule has 0 bridgehead atoms. The number of allylic oxidation sites excluding steroid dienone is 2. The van der Waals surface area contributed by atoms with Gasteiger partial charge in [0, 0.05) is 6.42 Å². The van der Waals surface area contributed by atoms with Crippen LogP contribution < -0.4 is 21.2 Å². The lowest BCUT2D eigenvalue weighted by Gasteiger charge is -2.19. The van der Waals surface area contributed by atoms with E-state index in [9.17, 15) is 10.2 Å². The second-order valence-corrected chi connectivity index (χ2v) is 12.0. The fourth-order valence-corrected chi connectivity index (χ4v) is 5.99. The molecule has 1 aliphatic rings. The van der Waals surface area contributed by atoms with Crippen molar-refractivity contribution >= 4 is 44.0 Å². The Bertz CT molecular complexity index is 1300. The van der Waals surface area contributed by atoms with E-state index >= 15 is 0 Å². The molecule has 0 radical (unpaired) electrons. The smallest absolute Gasteiger partial charge is 0.186 e. The van der Waals surface area contributed by atoms with Crippen LogP contribution >= 0.6 is 17.2 Å². The molecule has 0 atom stereocenters. The molecule has 4 heteroatoms. The van der Waals surface area contributed by atoms with E-state index in [1.165, 1.54) is 27.3 Å². The summed E-state index contributed by atoms with van der Waals surface area (Å²) in [5.74, 6) is -1.67. The van der Waals surface area contributed by atoms with Crippen LogP contribution in [0.1, 0.15) is 12.0 Å². The summed E-state index contributed by atoms with van der Waals surface area (Å²) in [6.07, 6.45) is 5.22. The molecule has 5 aromatic carbocycles. The van der Waals surface area contributed by atoms with E-state index in [4.69, 9.17) is 0 Å². The Labute approximate surface area is 241 Å². The third-order valence-electron chi connectivity index (χ3n) is 5.93. The lowest BCUT2D eigenvalue weighted by molar-refractivity contribution is -0.114. The topological polar surface area (TPSA) is 40.5 Å². The summed E-state index contributed by atoms with van der Waals surface area (Å²) in [6.45, 7) is 0. The summed E-state index contributed by atoms with van der Waals surface area (Å²) in [4.78, 5) is 0. The zero-order chi connectivity index (χ0) is 27.9. The van der Waals surface area contributed by atoms with E-state index in [0.717, 1.165) is 28.3 Å². The van der Waals surface area contributed by atoms with Gasteiger partial charge in [0.15, 0.2) is 5.79 Å². The quantitative estimate of drug-likeness (QED) is 0.195. The van der Waals surface area contributed by atoms with Gasteiger partial charge in [-0.15, -0.1) is 0 Å². The molecule has 0 heterocycles. The van der Waals surface area contributed by atoms with Gasteiger partial charge in [-0.25, -0.2) is 0 Å². The van der Waals surface area contributed by atoms with Gasteiger partial charge < -0.3 is 10.2 Å². The van der Waals surface area contributed by atoms with Crippen molar-refractivity contribution in [2.24, 2.45) is 0 Å². The average Bonchev–Trinajstić information content (AvgIpc) is 3.00. The van der Waals surface area contributed by atoms with E-state index in [2.05, 4.69) is 121 Å². The molecule has 5 aromatic rings. The van der Waals surface area contributed by atoms with E-state index in [1.807, 2.05) is 36.4 Å². The lowest BCUT2D eigenvalue weighted by atomic mass is 9.97. The maximum atomic E-state index is 9.26. The Balaban J connectivity index is 0.000000139. The van der Waals surface area contributed by atoms with Gasteiger partial charge in [0.05, 0.1) is 0 Å². The van der Waals surface area contributed by atoms with Crippen molar-refractivity contribution in [1.29, 1.82) is 0 Å². The van der Waals surface area contributed by atoms with Crippen molar-refractivity contribution in [1.82, 2.24) is 0 Å². The molecule has 2 nitrogen and oxygen atoms in total. The molecule has 6 rings (SSSR count). The summed E-state index contributed by atoms with van der Waals surface area (Å²) in [6, 6.07) is 52.2. The van der Waals surface area contributed by atoms with Crippen LogP contribution in [-0.2, 0) is 0 Å². The minimum atomic E-state index is -1.67. The van der Waals surface area contributed by atoms with Crippen LogP contribution in [0.2, 0.25) is 0 Å². The highest BCUT2D eigenvalue weighted by atomic mass is 31.1. The first-order chi connectivity index (χ1) is 19.6. The molecular formula is C36H34O2P2. The van der Waals surface area contributed by atoms with E-state index in [0.29, 0.717) is 0 Å². The van der Waals surface area contributed by atoms with E-state index < -0.39 is 5.79 Å². The Kier molecular flexibility index (Phi) is 11.6. The van der Waals surface area contributed by atoms with Crippen LogP contribution in [0.3, 0.4) is 0 Å². The maximum absolute atomic E-state index is 9.26. The second kappa shape index (κ2) is 15.8. The third kappa shape index (κ3) is 10.5. The van der Waals surface area contributed by atoms with Gasteiger partial charge in [-0.3, -0.25) is 0 Å². The Morgan fingerprint density at radius 3 is 1.07 bits per heavy atom. The molecule has 200 valence electrons. The van der Waals surface area contributed by atoms with Gasteiger partial charge >= 0.3 is 0 Å². The van der Waals surface area contributed by atoms with Crippen molar-refractivity contribution in [3.8, 4) is 0 Å². The predicted octanol–water partition coefficient (Wildman–Crippen LogP) is 6.34. The first-order valence-electron chi connectivity index (χ1n) is 13.2. The highest BCUT2D eigenvalue weighted by Gasteiger charge is 2.20. The van der Waals surface area contributed by atoms with Gasteiger partial charge in [-0.2, -0.15) is 0 Å². The number of aliphatic hydroxyl groups is 2. The molecule has 0 unspecified atom stereocenters. The van der Waals surface area contributed by atoms with Crippen LogP contribution in [0.15, 0.2) is 170 Å². The molecule has 0 saturated carbocycles. The van der Waals surface area contributed by atoms with E-state index in [-0.39, 0.29) is 6.42 Å². The first kappa shape index (κ1) is 29.3. The minimum absolute atomic E-state index is 0.244. The van der Waals surface area contributed by atoms with Crippen molar-refractivity contribution in [3.05, 3.63) is 175 Å². The maximum Gasteiger partial charge on any atom is 0.186 e. The minimum Gasteiger partial charge on any atom is -0.362 e. The van der Waals surface area contributed by atoms with Crippen molar-refractivity contribution in [3.63, 3.8) is 0 Å². The predicted molar refractivity (Wildman–Crippen MR) is 176 cm³/mol. The van der Waals surface area contributed by atoms with Gasteiger partial charge in [-0.05, 0) is 38.4 Å². The molecule has 0 spiro atoms. The van der Waals surface area contributed by atoms with Crippen LogP contribution in [-0.4, -0.2) is 16.0 Å². The monoisotopic (exact) mass is 560 g/mol. The van der Waals surface area contributed by atoms with Gasteiger partial charge in [0.25, 0.3) is 0 Å². The standard InChI is InChI=1S/C12H12O2.2C12H11P/c13-12(14)8-6-11(7-9-12)10-4-2-1-3-5-10;2*1-3-7-11(8-4-1)13-12-9-5-2-6-10-12/h1-8,13-14H,9H2;2*1-10,13H. The summed E-state index contributed by atoms with van der Waals surface area (Å²) in [7, 11) is 1.55. The number of benzene rings is 5. The normalized spacial score (nSPS) is 13.1. The molecule has 0 saturated heterocycles. The fourth-order valence-electron chi connectivity index (χ4n) is 3.88. The SMILES string of the molecule is OC1(O)C=CC(c2ccccc2)=CC1.c1ccc(Pc2ccccc2)cc1.c1ccc(Pc2ccccc2)cc1. The molecule has 0 aromatic heterocycles. The highest BCUT2D eigenvalue weighted by Crippen LogP contribution is 2.24. The van der Waals surface area contributed by atoms with Gasteiger partial charge in [-0.1, -0.05) is 181 Å². The van der Waals surface area contributed by atoms with Crippen molar-refractivity contribution in [2.75, 3.05) is 0 Å². The fraction of sp³-hybridized carbons (Fsp3) is 0.0556. The van der Waals surface area contributed by atoms with Crippen LogP contribution in [0.4, 0.5) is 0 Å². The number of hydrogen-bond donors (Lipinski definition) is 2. The Morgan fingerprint density at radius 2 is 0.775 bits per heavy atom. The lowest BCUT2D eigenvalue weighted by Crippen LogP contribution is -2.25.